The third-order valence-corrected chi connectivity index (χ3v) is 7.32. The van der Waals surface area contributed by atoms with Gasteiger partial charge in [-0.3, -0.25) is 20.2 Å². The molecule has 4 rings (SSSR count). The van der Waals surface area contributed by atoms with E-state index in [2.05, 4.69) is 0 Å². The zero-order valence-electron chi connectivity index (χ0n) is 21.6. The minimum absolute atomic E-state index is 0.0293. The molecule has 0 atom stereocenters. The van der Waals surface area contributed by atoms with Crippen LogP contribution in [0.5, 0.6) is 0 Å². The Hall–Kier alpha value is -4.62. The van der Waals surface area contributed by atoms with Crippen molar-refractivity contribution < 1.29 is 38.6 Å². The Morgan fingerprint density at radius 3 is 1.12 bits per heavy atom. The third kappa shape index (κ3) is 5.84. The number of hydrogen-bond acceptors (Lipinski definition) is 10. The van der Waals surface area contributed by atoms with Gasteiger partial charge in [-0.1, -0.05) is 12.8 Å². The molecule has 2 saturated carbocycles. The molecule has 0 amide bonds. The molecule has 14 nitrogen and oxygen atoms in total. The molecule has 212 valence electrons. The average molecular weight is 557 g/mol. The summed E-state index contributed by atoms with van der Waals surface area (Å²) >= 11 is 0. The molecule has 0 heterocycles. The predicted octanol–water partition coefficient (Wildman–Crippen LogP) is 5.31. The van der Waals surface area contributed by atoms with Crippen LogP contribution < -0.4 is 0 Å². The van der Waals surface area contributed by atoms with Crippen molar-refractivity contribution in [3.8, 4) is 0 Å². The van der Waals surface area contributed by atoms with Crippen LogP contribution in [0.15, 0.2) is 48.5 Å². The number of carbonyl (C=O) groups excluding carboxylic acids is 2. The lowest BCUT2D eigenvalue weighted by Gasteiger charge is -2.35. The lowest BCUT2D eigenvalue weighted by molar-refractivity contribution is -1.05. The number of benzene rings is 2. The van der Waals surface area contributed by atoms with E-state index in [1.165, 1.54) is 24.3 Å². The molecule has 0 N–H and O–H groups in total. The van der Waals surface area contributed by atoms with Gasteiger partial charge in [0.25, 0.3) is 11.4 Å². The third-order valence-electron chi connectivity index (χ3n) is 7.32. The summed E-state index contributed by atoms with van der Waals surface area (Å²) in [6.45, 7) is 0. The molecule has 2 aliphatic carbocycles. The van der Waals surface area contributed by atoms with E-state index in [1.807, 2.05) is 0 Å². The lowest BCUT2D eigenvalue weighted by Crippen LogP contribution is -2.55. The van der Waals surface area contributed by atoms with Gasteiger partial charge in [-0.2, -0.15) is 0 Å². The highest BCUT2D eigenvalue weighted by atomic mass is 16.7. The molecular formula is C26H28N4O10. The number of ether oxygens (including phenoxy) is 2. The van der Waals surface area contributed by atoms with E-state index < -0.39 is 33.2 Å². The molecule has 2 aliphatic rings. The van der Waals surface area contributed by atoms with Crippen LogP contribution in [0.1, 0.15) is 84.9 Å². The predicted molar refractivity (Wildman–Crippen MR) is 136 cm³/mol. The van der Waals surface area contributed by atoms with Gasteiger partial charge in [0.05, 0.1) is 56.4 Å². The fourth-order valence-corrected chi connectivity index (χ4v) is 5.11. The molecule has 0 radical (unpaired) electrons. The number of hydroxylamine groups is 2. The van der Waals surface area contributed by atoms with Crippen LogP contribution in [0.25, 0.3) is 0 Å². The number of azo groups is 1. The van der Waals surface area contributed by atoms with Crippen molar-refractivity contribution in [3.63, 3.8) is 0 Å². The molecule has 0 saturated heterocycles. The summed E-state index contributed by atoms with van der Waals surface area (Å²) in [7, 11) is 0. The van der Waals surface area contributed by atoms with E-state index in [1.54, 1.807) is 0 Å². The lowest BCUT2D eigenvalue weighted by atomic mass is 9.91. The number of esters is 2. The van der Waals surface area contributed by atoms with Crippen LogP contribution in [0.3, 0.4) is 0 Å². The molecule has 0 aromatic heterocycles. The van der Waals surface area contributed by atoms with Crippen molar-refractivity contribution in [1.29, 1.82) is 0 Å². The van der Waals surface area contributed by atoms with Crippen molar-refractivity contribution in [1.82, 2.24) is 0 Å². The van der Waals surface area contributed by atoms with Crippen molar-refractivity contribution in [2.75, 3.05) is 0 Å². The summed E-state index contributed by atoms with van der Waals surface area (Å²) in [6, 6.07) is 9.35. The molecule has 2 fully saturated rings. The number of carbonyl (C=O) groups is 2. The molecule has 0 bridgehead atoms. The first-order valence-electron chi connectivity index (χ1n) is 13.0. The van der Waals surface area contributed by atoms with E-state index in [0.717, 1.165) is 37.1 Å². The van der Waals surface area contributed by atoms with E-state index in [-0.39, 0.29) is 57.9 Å². The average Bonchev–Trinajstić information content (AvgIpc) is 2.97. The maximum Gasteiger partial charge on any atom is 0.380 e. The molecule has 40 heavy (non-hydrogen) atoms. The first-order valence-corrected chi connectivity index (χ1v) is 13.0. The van der Waals surface area contributed by atoms with Gasteiger partial charge in [0, 0.05) is 24.3 Å². The van der Waals surface area contributed by atoms with Crippen molar-refractivity contribution in [3.05, 3.63) is 90.3 Å². The Balaban J connectivity index is 1.65. The minimum Gasteiger partial charge on any atom is -0.563 e. The van der Waals surface area contributed by atoms with Crippen molar-refractivity contribution in [2.45, 2.75) is 75.7 Å². The van der Waals surface area contributed by atoms with Gasteiger partial charge in [-0.15, -0.1) is 0 Å². The Kier molecular flexibility index (Phi) is 8.26. The molecule has 14 heteroatoms. The van der Waals surface area contributed by atoms with E-state index in [4.69, 9.17) is 9.47 Å². The molecular weight excluding hydrogens is 528 g/mol. The van der Waals surface area contributed by atoms with Gasteiger partial charge in [0.1, 0.15) is 0 Å². The summed E-state index contributed by atoms with van der Waals surface area (Å²) in [5.74, 6) is -1.85. The van der Waals surface area contributed by atoms with Gasteiger partial charge in [-0.05, 0) is 49.9 Å². The fraction of sp³-hybridized carbons (Fsp3) is 0.462. The summed E-state index contributed by atoms with van der Waals surface area (Å²) in [5, 5.41) is 49.4. The Morgan fingerprint density at radius 1 is 0.550 bits per heavy atom. The van der Waals surface area contributed by atoms with E-state index >= 15 is 0 Å². The van der Waals surface area contributed by atoms with Crippen LogP contribution in [0, 0.1) is 30.6 Å². The zero-order valence-corrected chi connectivity index (χ0v) is 21.6. The van der Waals surface area contributed by atoms with E-state index in [9.17, 15) is 40.2 Å². The van der Waals surface area contributed by atoms with Crippen molar-refractivity contribution in [2.24, 2.45) is 0 Å². The second-order valence-corrected chi connectivity index (χ2v) is 9.95. The highest BCUT2D eigenvalue weighted by Crippen LogP contribution is 2.38. The molecule has 0 unspecified atom stereocenters. The standard InChI is InChI=1S/C26H28N4O10/c31-23(19-7-11-21(12-8-19)27(33)34)39-25(15-3-1-4-16-25)29(37)30(38)26(17-5-2-6-18-26)40-24(32)20-9-13-22(14-10-20)28(35)36/h7-14H,1-6,15-18H2/b30-29+. The normalized spacial score (nSPS) is 18.6. The smallest absolute Gasteiger partial charge is 0.380 e. The minimum atomic E-state index is -1.87. The maximum absolute atomic E-state index is 13.8. The van der Waals surface area contributed by atoms with Crippen LogP contribution in [-0.4, -0.2) is 43.0 Å². The number of nitro benzene ring substituents is 2. The topological polar surface area (TPSA) is 191 Å². The first kappa shape index (κ1) is 28.4. The Labute approximate surface area is 228 Å². The van der Waals surface area contributed by atoms with Gasteiger partial charge in [0.15, 0.2) is 0 Å². The second-order valence-electron chi connectivity index (χ2n) is 9.95. The molecule has 2 aromatic rings. The zero-order chi connectivity index (χ0) is 28.9. The Bertz CT molecular complexity index is 1210. The highest BCUT2D eigenvalue weighted by Gasteiger charge is 2.56. The van der Waals surface area contributed by atoms with Crippen LogP contribution >= 0.6 is 0 Å². The number of non-ortho nitro benzene ring substituents is 2. The fourth-order valence-electron chi connectivity index (χ4n) is 5.11. The quantitative estimate of drug-likeness (QED) is 0.103. The molecule has 0 spiro atoms. The number of rotatable bonds is 8. The highest BCUT2D eigenvalue weighted by molar-refractivity contribution is 5.90. The van der Waals surface area contributed by atoms with E-state index in [0.29, 0.717) is 25.7 Å². The summed E-state index contributed by atoms with van der Waals surface area (Å²) in [5.41, 5.74) is -4.26. The van der Waals surface area contributed by atoms with Gasteiger partial charge < -0.3 is 19.9 Å². The van der Waals surface area contributed by atoms with Gasteiger partial charge >= 0.3 is 23.4 Å². The summed E-state index contributed by atoms with van der Waals surface area (Å²) in [4.78, 5) is 46.8. The van der Waals surface area contributed by atoms with Crippen molar-refractivity contribution >= 4 is 23.3 Å². The van der Waals surface area contributed by atoms with Gasteiger partial charge in [0.2, 0.25) is 0 Å². The monoisotopic (exact) mass is 556 g/mol. The molecule has 0 aliphatic heterocycles. The number of hydrogen-bond donors (Lipinski definition) is 0. The van der Waals surface area contributed by atoms with Gasteiger partial charge in [-0.25, -0.2) is 9.59 Å². The molecule has 2 aromatic carbocycles. The first-order chi connectivity index (χ1) is 19.1. The maximum atomic E-state index is 13.8. The second kappa shape index (κ2) is 11.6. The Morgan fingerprint density at radius 2 is 0.850 bits per heavy atom. The van der Waals surface area contributed by atoms with Crippen LogP contribution in [-0.2, 0) is 9.47 Å². The number of nitrogens with zero attached hydrogens (tertiary/aromatic N) is 4. The SMILES string of the molecule is O=C(OC1(/[N+]([O-])=[N+](\[O-])C2(OC(=O)c3ccc([N+](=O)[O-])cc3)CCCCC2)CCCCC1)c1ccc([N+](=O)[O-])cc1. The summed E-state index contributed by atoms with van der Waals surface area (Å²) < 4.78 is 11.3. The van der Waals surface area contributed by atoms with Crippen LogP contribution in [0.2, 0.25) is 0 Å². The number of nitro groups is 2. The van der Waals surface area contributed by atoms with Crippen LogP contribution in [0.4, 0.5) is 11.4 Å². The summed E-state index contributed by atoms with van der Waals surface area (Å²) in [6.07, 6.45) is 3.71. The largest absolute Gasteiger partial charge is 0.563 e.